The minimum atomic E-state index is -0.909. The molecule has 5 nitrogen and oxygen atoms in total. The van der Waals surface area contributed by atoms with Gasteiger partial charge < -0.3 is 19.3 Å². The lowest BCUT2D eigenvalue weighted by molar-refractivity contribution is -0.191. The third-order valence-electron chi connectivity index (χ3n) is 6.68. The summed E-state index contributed by atoms with van der Waals surface area (Å²) in [5, 5.41) is 8.73. The number of ether oxygens (including phenoxy) is 3. The molecule has 3 heterocycles. The molecule has 0 amide bonds. The lowest BCUT2D eigenvalue weighted by atomic mass is 9.62. The fraction of sp³-hybridized carbons (Fsp3) is 0.609. The zero-order valence-electron chi connectivity index (χ0n) is 16.7. The van der Waals surface area contributed by atoms with E-state index in [0.29, 0.717) is 19.0 Å². The summed E-state index contributed by atoms with van der Waals surface area (Å²) in [6.07, 6.45) is 10.9. The molecule has 29 heavy (non-hydrogen) atoms. The van der Waals surface area contributed by atoms with Crippen LogP contribution >= 0.6 is 0 Å². The molecule has 1 aromatic carbocycles. The molecule has 1 aliphatic carbocycles. The zero-order valence-corrected chi connectivity index (χ0v) is 16.7. The highest BCUT2D eigenvalue weighted by molar-refractivity contribution is 5.79. The first-order chi connectivity index (χ1) is 14.0. The van der Waals surface area contributed by atoms with Gasteiger partial charge in [0.15, 0.2) is 6.29 Å². The smallest absolute Gasteiger partial charge is 0.327 e. The number of halogens is 1. The number of benzene rings is 1. The average Bonchev–Trinajstić information content (AvgIpc) is 2.73. The van der Waals surface area contributed by atoms with Crippen molar-refractivity contribution < 1.29 is 28.5 Å². The monoisotopic (exact) mass is 404 g/mol. The Kier molecular flexibility index (Phi) is 5.93. The van der Waals surface area contributed by atoms with Crippen molar-refractivity contribution in [1.29, 1.82) is 0 Å². The highest BCUT2D eigenvalue weighted by Crippen LogP contribution is 2.55. The van der Waals surface area contributed by atoms with Gasteiger partial charge >= 0.3 is 5.97 Å². The second-order valence-corrected chi connectivity index (χ2v) is 8.65. The Hall–Kier alpha value is -1.92. The van der Waals surface area contributed by atoms with Gasteiger partial charge in [0.1, 0.15) is 11.6 Å². The van der Waals surface area contributed by atoms with E-state index in [1.54, 1.807) is 12.1 Å². The number of fused-ring (bicyclic) bond motifs is 3. The van der Waals surface area contributed by atoms with Crippen LogP contribution in [0.5, 0.6) is 5.75 Å². The van der Waals surface area contributed by atoms with E-state index in [4.69, 9.17) is 19.3 Å². The molecule has 6 heteroatoms. The summed E-state index contributed by atoms with van der Waals surface area (Å²) in [5.41, 5.74) is 0.502. The van der Waals surface area contributed by atoms with E-state index < -0.39 is 11.6 Å². The fourth-order valence-corrected chi connectivity index (χ4v) is 4.88. The third-order valence-corrected chi connectivity index (χ3v) is 6.68. The molecular formula is C23H29FO5. The van der Waals surface area contributed by atoms with E-state index in [1.807, 2.05) is 6.07 Å². The first-order valence-electron chi connectivity index (χ1n) is 10.6. The Morgan fingerprint density at radius 2 is 2.07 bits per heavy atom. The average molecular weight is 404 g/mol. The number of aliphatic carboxylic acids is 1. The maximum Gasteiger partial charge on any atom is 0.327 e. The highest BCUT2D eigenvalue weighted by atomic mass is 19.1. The largest absolute Gasteiger partial charge is 0.478 e. The molecule has 3 aliphatic heterocycles. The standard InChI is InChI=1S/C23H29FO5/c24-18-13-17(14-19(15-18)29-21-6-2-4-12-27-21)23-10-8-22(9-11-23,16-28-23)7-3-1-5-20(25)26/h1,5,13-15,21H,2-4,6-12,16H2,(H,25,26)/b5-1+. The molecule has 1 aromatic rings. The van der Waals surface area contributed by atoms with Crippen LogP contribution in [0.1, 0.15) is 63.4 Å². The maximum absolute atomic E-state index is 14.4. The molecule has 0 spiro atoms. The van der Waals surface area contributed by atoms with E-state index in [9.17, 15) is 9.18 Å². The minimum absolute atomic E-state index is 0.104. The number of hydrogen-bond acceptors (Lipinski definition) is 4. The summed E-state index contributed by atoms with van der Waals surface area (Å²) >= 11 is 0. The normalized spacial score (nSPS) is 31.8. The Bertz CT molecular complexity index is 744. The van der Waals surface area contributed by atoms with E-state index in [2.05, 4.69) is 0 Å². The third kappa shape index (κ3) is 4.64. The lowest BCUT2D eigenvalue weighted by Gasteiger charge is -2.53. The molecule has 1 atom stereocenters. The van der Waals surface area contributed by atoms with Crippen LogP contribution in [0.25, 0.3) is 0 Å². The fourth-order valence-electron chi connectivity index (χ4n) is 4.88. The first kappa shape index (κ1) is 20.4. The van der Waals surface area contributed by atoms with Gasteiger partial charge in [-0.05, 0) is 74.5 Å². The Morgan fingerprint density at radius 3 is 2.72 bits per heavy atom. The molecule has 3 saturated heterocycles. The van der Waals surface area contributed by atoms with Gasteiger partial charge in [-0.15, -0.1) is 0 Å². The lowest BCUT2D eigenvalue weighted by Crippen LogP contribution is -2.49. The zero-order chi connectivity index (χ0) is 20.3. The first-order valence-corrected chi connectivity index (χ1v) is 10.6. The van der Waals surface area contributed by atoms with Crippen molar-refractivity contribution in [1.82, 2.24) is 0 Å². The van der Waals surface area contributed by atoms with E-state index >= 15 is 0 Å². The van der Waals surface area contributed by atoms with Gasteiger partial charge in [-0.3, -0.25) is 0 Å². The number of allylic oxidation sites excluding steroid dienone is 1. The molecule has 5 rings (SSSR count). The van der Waals surface area contributed by atoms with Gasteiger partial charge in [0.25, 0.3) is 0 Å². The molecule has 0 radical (unpaired) electrons. The Labute approximate surface area is 170 Å². The summed E-state index contributed by atoms with van der Waals surface area (Å²) in [4.78, 5) is 10.6. The van der Waals surface area contributed by atoms with Crippen molar-refractivity contribution in [3.63, 3.8) is 0 Å². The predicted molar refractivity (Wildman–Crippen MR) is 105 cm³/mol. The summed E-state index contributed by atoms with van der Waals surface area (Å²) < 4.78 is 32.2. The van der Waals surface area contributed by atoms with Crippen LogP contribution < -0.4 is 4.74 Å². The second kappa shape index (κ2) is 8.44. The van der Waals surface area contributed by atoms with Crippen molar-refractivity contribution in [2.45, 2.75) is 69.7 Å². The summed E-state index contributed by atoms with van der Waals surface area (Å²) in [7, 11) is 0. The van der Waals surface area contributed by atoms with Gasteiger partial charge in [0, 0.05) is 18.6 Å². The molecule has 1 N–H and O–H groups in total. The molecule has 4 fully saturated rings. The van der Waals surface area contributed by atoms with Gasteiger partial charge in [0.2, 0.25) is 0 Å². The molecule has 4 aliphatic rings. The molecule has 1 unspecified atom stereocenters. The highest BCUT2D eigenvalue weighted by Gasteiger charge is 2.50. The van der Waals surface area contributed by atoms with Crippen molar-refractivity contribution in [2.75, 3.05) is 13.2 Å². The SMILES string of the molecule is O=C(O)/C=C/CCC12CCC(c3cc(F)cc(OC4CCCCO4)c3)(CC1)OC2. The quantitative estimate of drug-likeness (QED) is 0.652. The predicted octanol–water partition coefficient (Wildman–Crippen LogP) is 4.94. The number of carboxylic acids is 1. The molecule has 2 bridgehead atoms. The van der Waals surface area contributed by atoms with Crippen molar-refractivity contribution in [3.05, 3.63) is 41.7 Å². The van der Waals surface area contributed by atoms with E-state index in [1.165, 1.54) is 12.1 Å². The van der Waals surface area contributed by atoms with Crippen molar-refractivity contribution >= 4 is 5.97 Å². The number of hydrogen-bond donors (Lipinski definition) is 1. The van der Waals surface area contributed by atoms with Crippen molar-refractivity contribution in [2.24, 2.45) is 5.41 Å². The summed E-state index contributed by atoms with van der Waals surface area (Å²) in [6, 6.07) is 4.90. The second-order valence-electron chi connectivity index (χ2n) is 8.65. The van der Waals surface area contributed by atoms with Gasteiger partial charge in [0.05, 0.1) is 18.8 Å². The summed E-state index contributed by atoms with van der Waals surface area (Å²) in [6.45, 7) is 1.32. The number of carbonyl (C=O) groups is 1. The van der Waals surface area contributed by atoms with Crippen molar-refractivity contribution in [3.8, 4) is 5.75 Å². The van der Waals surface area contributed by atoms with Crippen LogP contribution in [0.4, 0.5) is 4.39 Å². The topological polar surface area (TPSA) is 65.0 Å². The molecule has 1 saturated carbocycles. The van der Waals surface area contributed by atoms with Gasteiger partial charge in [-0.2, -0.15) is 0 Å². The molecule has 158 valence electrons. The van der Waals surface area contributed by atoms with Crippen LogP contribution in [0.2, 0.25) is 0 Å². The van der Waals surface area contributed by atoms with E-state index in [-0.39, 0.29) is 17.5 Å². The van der Waals surface area contributed by atoms with E-state index in [0.717, 1.165) is 63.4 Å². The maximum atomic E-state index is 14.4. The minimum Gasteiger partial charge on any atom is -0.478 e. The molecular weight excluding hydrogens is 375 g/mol. The van der Waals surface area contributed by atoms with Crippen LogP contribution in [0.15, 0.2) is 30.4 Å². The summed E-state index contributed by atoms with van der Waals surface area (Å²) in [5.74, 6) is -0.716. The van der Waals surface area contributed by atoms with Gasteiger partial charge in [-0.1, -0.05) is 6.08 Å². The van der Waals surface area contributed by atoms with Crippen LogP contribution in [0, 0.1) is 11.2 Å². The number of carboxylic acid groups (broad SMARTS) is 1. The van der Waals surface area contributed by atoms with Crippen LogP contribution in [-0.2, 0) is 19.9 Å². The Balaban J connectivity index is 1.42. The van der Waals surface area contributed by atoms with Gasteiger partial charge in [-0.25, -0.2) is 9.18 Å². The number of rotatable bonds is 7. The van der Waals surface area contributed by atoms with Crippen LogP contribution in [-0.4, -0.2) is 30.6 Å². The van der Waals surface area contributed by atoms with Crippen LogP contribution in [0.3, 0.4) is 0 Å². The Morgan fingerprint density at radius 1 is 1.24 bits per heavy atom. The molecule has 0 aromatic heterocycles.